The highest BCUT2D eigenvalue weighted by Gasteiger charge is 2.40. The lowest BCUT2D eigenvalue weighted by Crippen LogP contribution is -2.36. The van der Waals surface area contributed by atoms with Crippen molar-refractivity contribution in [2.24, 2.45) is 0 Å². The Morgan fingerprint density at radius 2 is 1.63 bits per heavy atom. The maximum Gasteiger partial charge on any atom is 0.211 e. The SMILES string of the molecule is COc1cc(C2Oc3cc(C4Oc5cc(O)cc(O)c5C(O)C4=O)ccc3OC2CO)ccc1O. The van der Waals surface area contributed by atoms with E-state index < -0.39 is 35.9 Å². The second kappa shape index (κ2) is 8.57. The van der Waals surface area contributed by atoms with Crippen LogP contribution in [0.25, 0.3) is 0 Å². The minimum Gasteiger partial charge on any atom is -0.508 e. The minimum absolute atomic E-state index is 0.0242. The van der Waals surface area contributed by atoms with Crippen LogP contribution >= 0.6 is 0 Å². The molecule has 35 heavy (non-hydrogen) atoms. The van der Waals surface area contributed by atoms with Gasteiger partial charge in [0.2, 0.25) is 5.78 Å². The lowest BCUT2D eigenvalue weighted by Gasteiger charge is -2.34. The van der Waals surface area contributed by atoms with E-state index in [4.69, 9.17) is 18.9 Å². The van der Waals surface area contributed by atoms with Crippen molar-refractivity contribution in [3.05, 3.63) is 65.2 Å². The highest BCUT2D eigenvalue weighted by molar-refractivity contribution is 5.92. The Bertz CT molecular complexity index is 1300. The van der Waals surface area contributed by atoms with E-state index in [1.54, 1.807) is 24.3 Å². The Hall–Kier alpha value is -4.15. The first-order chi connectivity index (χ1) is 16.8. The van der Waals surface area contributed by atoms with Gasteiger partial charge in [0.25, 0.3) is 0 Å². The van der Waals surface area contributed by atoms with Crippen molar-refractivity contribution >= 4 is 5.78 Å². The molecule has 3 aromatic rings. The van der Waals surface area contributed by atoms with Crippen molar-refractivity contribution in [1.82, 2.24) is 0 Å². The third-order valence-electron chi connectivity index (χ3n) is 6.00. The standard InChI is InChI=1S/C25H22O10/c1-32-17-6-11(2-4-14(17)28)24-20(10-26)33-16-5-3-12(7-18(16)34-24)25-23(31)22(30)21-15(29)8-13(27)9-19(21)35-25/h2-9,20,22,24-30H,10H2,1H3. The van der Waals surface area contributed by atoms with Gasteiger partial charge in [-0.15, -0.1) is 0 Å². The Kier molecular flexibility index (Phi) is 5.54. The van der Waals surface area contributed by atoms with Crippen LogP contribution in [0.15, 0.2) is 48.5 Å². The van der Waals surface area contributed by atoms with E-state index in [2.05, 4.69) is 0 Å². The number of carbonyl (C=O) groups excluding carboxylic acids is 1. The quantitative estimate of drug-likeness (QED) is 0.374. The monoisotopic (exact) mass is 482 g/mol. The van der Waals surface area contributed by atoms with Gasteiger partial charge >= 0.3 is 0 Å². The fraction of sp³-hybridized carbons (Fsp3) is 0.240. The average Bonchev–Trinajstić information content (AvgIpc) is 2.85. The number of benzene rings is 3. The molecule has 10 nitrogen and oxygen atoms in total. The summed E-state index contributed by atoms with van der Waals surface area (Å²) in [6.07, 6.45) is -4.42. The fourth-order valence-electron chi connectivity index (χ4n) is 4.27. The first-order valence-electron chi connectivity index (χ1n) is 10.7. The summed E-state index contributed by atoms with van der Waals surface area (Å²) in [7, 11) is 1.41. The van der Waals surface area contributed by atoms with Crippen molar-refractivity contribution in [2.45, 2.75) is 24.4 Å². The van der Waals surface area contributed by atoms with Crippen LogP contribution in [0.1, 0.15) is 35.0 Å². The zero-order chi connectivity index (χ0) is 24.9. The molecule has 0 radical (unpaired) electrons. The Balaban J connectivity index is 1.49. The number of ether oxygens (including phenoxy) is 4. The van der Waals surface area contributed by atoms with Gasteiger partial charge in [-0.1, -0.05) is 12.1 Å². The summed E-state index contributed by atoms with van der Waals surface area (Å²) in [4.78, 5) is 12.9. The van der Waals surface area contributed by atoms with Gasteiger partial charge in [0.15, 0.2) is 41.3 Å². The van der Waals surface area contributed by atoms with Crippen LogP contribution in [0.3, 0.4) is 0 Å². The molecular weight excluding hydrogens is 460 g/mol. The van der Waals surface area contributed by atoms with Crippen LogP contribution < -0.4 is 18.9 Å². The molecule has 4 atom stereocenters. The number of phenols is 3. The maximum atomic E-state index is 12.9. The summed E-state index contributed by atoms with van der Waals surface area (Å²) in [5.74, 6) is -0.710. The molecule has 5 N–H and O–H groups in total. The van der Waals surface area contributed by atoms with Gasteiger partial charge in [-0.2, -0.15) is 0 Å². The lowest BCUT2D eigenvalue weighted by molar-refractivity contribution is -0.137. The second-order valence-electron chi connectivity index (χ2n) is 8.19. The van der Waals surface area contributed by atoms with Gasteiger partial charge < -0.3 is 44.5 Å². The summed E-state index contributed by atoms with van der Waals surface area (Å²) in [5, 5.41) is 50.1. The number of rotatable bonds is 4. The van der Waals surface area contributed by atoms with Gasteiger partial charge in [0.05, 0.1) is 19.3 Å². The molecule has 2 heterocycles. The highest BCUT2D eigenvalue weighted by Crippen LogP contribution is 2.47. The largest absolute Gasteiger partial charge is 0.508 e. The van der Waals surface area contributed by atoms with Gasteiger partial charge in [-0.05, 0) is 24.3 Å². The normalized spacial score (nSPS) is 22.8. The molecule has 0 aromatic heterocycles. The number of aliphatic hydroxyl groups excluding tert-OH is 2. The van der Waals surface area contributed by atoms with Crippen molar-refractivity contribution < 1.29 is 49.3 Å². The number of fused-ring (bicyclic) bond motifs is 2. The number of hydrogen-bond acceptors (Lipinski definition) is 10. The molecule has 4 unspecified atom stereocenters. The van der Waals surface area contributed by atoms with E-state index in [0.717, 1.165) is 6.07 Å². The van der Waals surface area contributed by atoms with Crippen LogP contribution in [-0.2, 0) is 4.79 Å². The van der Waals surface area contributed by atoms with E-state index >= 15 is 0 Å². The van der Waals surface area contributed by atoms with Crippen LogP contribution in [0.5, 0.6) is 40.2 Å². The van der Waals surface area contributed by atoms with Crippen molar-refractivity contribution in [1.29, 1.82) is 0 Å². The van der Waals surface area contributed by atoms with Gasteiger partial charge in [-0.3, -0.25) is 4.79 Å². The summed E-state index contributed by atoms with van der Waals surface area (Å²) >= 11 is 0. The lowest BCUT2D eigenvalue weighted by atomic mass is 9.92. The Morgan fingerprint density at radius 3 is 2.37 bits per heavy atom. The van der Waals surface area contributed by atoms with Crippen molar-refractivity contribution in [3.63, 3.8) is 0 Å². The van der Waals surface area contributed by atoms with Gasteiger partial charge in [-0.25, -0.2) is 0 Å². The molecule has 0 fully saturated rings. The van der Waals surface area contributed by atoms with E-state index in [1.807, 2.05) is 0 Å². The molecule has 0 aliphatic carbocycles. The number of aromatic hydroxyl groups is 3. The maximum absolute atomic E-state index is 12.9. The molecule has 182 valence electrons. The first kappa shape index (κ1) is 22.6. The van der Waals surface area contributed by atoms with Crippen LogP contribution in [0.2, 0.25) is 0 Å². The van der Waals surface area contributed by atoms with Crippen LogP contribution in [0.4, 0.5) is 0 Å². The van der Waals surface area contributed by atoms with Gasteiger partial charge in [0, 0.05) is 23.3 Å². The topological polar surface area (TPSA) is 155 Å². The average molecular weight is 482 g/mol. The Morgan fingerprint density at radius 1 is 0.857 bits per heavy atom. The number of ketones is 1. The third kappa shape index (κ3) is 3.82. The second-order valence-corrected chi connectivity index (χ2v) is 8.19. The van der Waals surface area contributed by atoms with Crippen molar-refractivity contribution in [2.75, 3.05) is 13.7 Å². The summed E-state index contributed by atoms with van der Waals surface area (Å²) in [6, 6.07) is 11.5. The summed E-state index contributed by atoms with van der Waals surface area (Å²) in [6.45, 7) is -0.352. The molecule has 0 amide bonds. The van der Waals surface area contributed by atoms with Crippen LogP contribution in [0, 0.1) is 0 Å². The number of phenolic OH excluding ortho intramolecular Hbond substituents is 3. The molecular formula is C25H22O10. The third-order valence-corrected chi connectivity index (χ3v) is 6.00. The molecule has 0 spiro atoms. The molecule has 3 aromatic carbocycles. The predicted octanol–water partition coefficient (Wildman–Crippen LogP) is 2.42. The minimum atomic E-state index is -1.66. The molecule has 0 bridgehead atoms. The Labute approximate surface area is 199 Å². The van der Waals surface area contributed by atoms with Crippen molar-refractivity contribution in [3.8, 4) is 40.2 Å². The van der Waals surface area contributed by atoms with Crippen LogP contribution in [-0.4, -0.2) is 51.1 Å². The van der Waals surface area contributed by atoms with E-state index in [-0.39, 0.29) is 40.9 Å². The molecule has 0 saturated heterocycles. The smallest absolute Gasteiger partial charge is 0.211 e. The number of Topliss-reactive ketones (excluding diaryl/α,β-unsaturated/α-hetero) is 1. The zero-order valence-electron chi connectivity index (χ0n) is 18.4. The van der Waals surface area contributed by atoms with Gasteiger partial charge in [0.1, 0.15) is 23.4 Å². The highest BCUT2D eigenvalue weighted by atomic mass is 16.6. The summed E-state index contributed by atoms with van der Waals surface area (Å²) < 4.78 is 22.9. The molecule has 2 aliphatic rings. The number of carbonyl (C=O) groups is 1. The molecule has 0 saturated carbocycles. The predicted molar refractivity (Wildman–Crippen MR) is 119 cm³/mol. The van der Waals surface area contributed by atoms with E-state index in [0.29, 0.717) is 16.9 Å². The molecule has 2 aliphatic heterocycles. The number of methoxy groups -OCH3 is 1. The summed E-state index contributed by atoms with van der Waals surface area (Å²) in [5.41, 5.74) is 0.804. The van der Waals surface area contributed by atoms with E-state index in [9.17, 15) is 30.3 Å². The zero-order valence-corrected chi connectivity index (χ0v) is 18.4. The number of aliphatic hydroxyl groups is 2. The first-order valence-corrected chi connectivity index (χ1v) is 10.7. The van der Waals surface area contributed by atoms with E-state index in [1.165, 1.54) is 25.3 Å². The molecule has 10 heteroatoms. The molecule has 5 rings (SSSR count). The number of hydrogen-bond donors (Lipinski definition) is 5. The fourth-order valence-corrected chi connectivity index (χ4v) is 4.27.